The molecule has 0 saturated carbocycles. The molecular formula is C20H23F4NO2. The summed E-state index contributed by atoms with van der Waals surface area (Å²) in [5.41, 5.74) is -0.754. The Labute approximate surface area is 156 Å². The Bertz CT molecular complexity index is 764. The van der Waals surface area contributed by atoms with Gasteiger partial charge in [0.15, 0.2) is 0 Å². The van der Waals surface area contributed by atoms with Gasteiger partial charge < -0.3 is 4.74 Å². The van der Waals surface area contributed by atoms with Crippen molar-refractivity contribution >= 4 is 11.7 Å². The third-order valence-electron chi connectivity index (χ3n) is 4.84. The van der Waals surface area contributed by atoms with Crippen LogP contribution in [0.1, 0.15) is 57.6 Å². The molecule has 1 saturated heterocycles. The first kappa shape index (κ1) is 19.7. The second-order valence-electron chi connectivity index (χ2n) is 8.16. The number of rotatable bonds is 1. The van der Waals surface area contributed by atoms with Gasteiger partial charge in [0.1, 0.15) is 11.4 Å². The second kappa shape index (κ2) is 6.84. The zero-order valence-corrected chi connectivity index (χ0v) is 15.6. The molecule has 3 nitrogen and oxygen atoms in total. The van der Waals surface area contributed by atoms with Crippen molar-refractivity contribution in [2.24, 2.45) is 0 Å². The van der Waals surface area contributed by atoms with Crippen LogP contribution < -0.4 is 0 Å². The normalized spacial score (nSPS) is 23.1. The molecule has 0 spiro atoms. The van der Waals surface area contributed by atoms with E-state index in [1.54, 1.807) is 31.7 Å². The zero-order valence-electron chi connectivity index (χ0n) is 15.6. The van der Waals surface area contributed by atoms with E-state index in [0.717, 1.165) is 25.0 Å². The van der Waals surface area contributed by atoms with Crippen LogP contribution in [0.5, 0.6) is 0 Å². The Morgan fingerprint density at radius 3 is 2.44 bits per heavy atom. The molecule has 1 amide bonds. The van der Waals surface area contributed by atoms with Crippen LogP contribution in [0.4, 0.5) is 22.4 Å². The smallest absolute Gasteiger partial charge is 0.416 e. The van der Waals surface area contributed by atoms with Crippen molar-refractivity contribution < 1.29 is 27.1 Å². The minimum absolute atomic E-state index is 0.156. The lowest BCUT2D eigenvalue weighted by Crippen LogP contribution is -2.53. The number of halogens is 4. The number of hydrogen-bond donors (Lipinski definition) is 0. The molecule has 2 bridgehead atoms. The van der Waals surface area contributed by atoms with Crippen molar-refractivity contribution in [1.82, 2.24) is 4.90 Å². The summed E-state index contributed by atoms with van der Waals surface area (Å²) in [7, 11) is 0. The van der Waals surface area contributed by atoms with Crippen molar-refractivity contribution in [2.45, 2.75) is 70.3 Å². The van der Waals surface area contributed by atoms with Gasteiger partial charge in [0, 0.05) is 6.04 Å². The van der Waals surface area contributed by atoms with Gasteiger partial charge >= 0.3 is 12.3 Å². The van der Waals surface area contributed by atoms with Crippen molar-refractivity contribution in [1.29, 1.82) is 0 Å². The molecule has 2 heterocycles. The van der Waals surface area contributed by atoms with Gasteiger partial charge in [-0.05, 0) is 75.8 Å². The van der Waals surface area contributed by atoms with E-state index in [4.69, 9.17) is 4.74 Å². The monoisotopic (exact) mass is 385 g/mol. The van der Waals surface area contributed by atoms with Crippen LogP contribution in [0.3, 0.4) is 0 Å². The summed E-state index contributed by atoms with van der Waals surface area (Å²) in [5.74, 6) is -0.916. The number of piperidine rings is 1. The molecule has 7 heteroatoms. The maximum Gasteiger partial charge on any atom is 0.416 e. The standard InChI is InChI=1S/C20H23F4NO2/c1-19(2,3)27-18(26)25-16-5-4-6-17(25)10-13(9-16)12-7-14(20(22,23)24)11-15(21)8-12/h7-9,11,16-17H,4-6,10H2,1-3H3. The molecule has 27 heavy (non-hydrogen) atoms. The van der Waals surface area contributed by atoms with Gasteiger partial charge in [-0.15, -0.1) is 0 Å². The molecule has 148 valence electrons. The van der Waals surface area contributed by atoms with Gasteiger partial charge in [-0.25, -0.2) is 9.18 Å². The predicted octanol–water partition coefficient (Wildman–Crippen LogP) is 5.79. The van der Waals surface area contributed by atoms with Crippen molar-refractivity contribution in [3.8, 4) is 0 Å². The van der Waals surface area contributed by atoms with Crippen LogP contribution >= 0.6 is 0 Å². The van der Waals surface area contributed by atoms with E-state index in [2.05, 4.69) is 0 Å². The summed E-state index contributed by atoms with van der Waals surface area (Å²) in [5, 5.41) is 0. The van der Waals surface area contributed by atoms with Gasteiger partial charge in [0.25, 0.3) is 0 Å². The summed E-state index contributed by atoms with van der Waals surface area (Å²) < 4.78 is 58.3. The highest BCUT2D eigenvalue weighted by atomic mass is 19.4. The molecule has 0 aromatic heterocycles. The number of ether oxygens (including phenoxy) is 1. The summed E-state index contributed by atoms with van der Waals surface area (Å²) >= 11 is 0. The van der Waals surface area contributed by atoms with Gasteiger partial charge in [-0.3, -0.25) is 4.90 Å². The number of alkyl halides is 3. The number of benzene rings is 1. The number of amides is 1. The highest BCUT2D eigenvalue weighted by molar-refractivity contribution is 5.75. The van der Waals surface area contributed by atoms with E-state index in [-0.39, 0.29) is 17.6 Å². The van der Waals surface area contributed by atoms with Crippen LogP contribution in [0.15, 0.2) is 24.3 Å². The predicted molar refractivity (Wildman–Crippen MR) is 93.5 cm³/mol. The minimum atomic E-state index is -4.61. The fraction of sp³-hybridized carbons (Fsp3) is 0.550. The Hall–Kier alpha value is -2.05. The van der Waals surface area contributed by atoms with E-state index in [0.29, 0.717) is 24.5 Å². The summed E-state index contributed by atoms with van der Waals surface area (Å²) in [6.07, 6.45) is -0.470. The van der Waals surface area contributed by atoms with E-state index < -0.39 is 29.3 Å². The maximum atomic E-state index is 13.8. The third kappa shape index (κ3) is 4.45. The molecule has 0 aliphatic carbocycles. The average molecular weight is 385 g/mol. The molecule has 1 fully saturated rings. The number of nitrogens with zero attached hydrogens (tertiary/aromatic N) is 1. The lowest BCUT2D eigenvalue weighted by Gasteiger charge is -2.45. The van der Waals surface area contributed by atoms with E-state index in [1.807, 2.05) is 0 Å². The molecule has 2 atom stereocenters. The van der Waals surface area contributed by atoms with Crippen molar-refractivity contribution in [2.75, 3.05) is 0 Å². The molecule has 2 aliphatic rings. The SMILES string of the molecule is CC(C)(C)OC(=O)N1C2C=C(c3cc(F)cc(C(F)(F)F)c3)CC1CCC2. The molecular weight excluding hydrogens is 362 g/mol. The Morgan fingerprint density at radius 2 is 1.85 bits per heavy atom. The number of carbonyl (C=O) groups is 1. The van der Waals surface area contributed by atoms with E-state index in [1.165, 1.54) is 0 Å². The first-order chi connectivity index (χ1) is 12.4. The molecule has 1 aromatic rings. The van der Waals surface area contributed by atoms with Crippen LogP contribution in [0.25, 0.3) is 5.57 Å². The Morgan fingerprint density at radius 1 is 1.15 bits per heavy atom. The minimum Gasteiger partial charge on any atom is -0.444 e. The third-order valence-corrected chi connectivity index (χ3v) is 4.84. The number of hydrogen-bond acceptors (Lipinski definition) is 2. The molecule has 2 aliphatic heterocycles. The number of carbonyl (C=O) groups excluding carboxylic acids is 1. The van der Waals surface area contributed by atoms with Gasteiger partial charge in [-0.2, -0.15) is 13.2 Å². The fourth-order valence-electron chi connectivity index (χ4n) is 3.78. The lowest BCUT2D eigenvalue weighted by molar-refractivity contribution is -0.137. The molecule has 1 aromatic carbocycles. The highest BCUT2D eigenvalue weighted by Gasteiger charge is 2.40. The van der Waals surface area contributed by atoms with Crippen LogP contribution in [0.2, 0.25) is 0 Å². The van der Waals surface area contributed by atoms with Crippen molar-refractivity contribution in [3.05, 3.63) is 41.2 Å². The Balaban J connectivity index is 1.92. The molecule has 3 rings (SSSR count). The largest absolute Gasteiger partial charge is 0.444 e. The number of fused-ring (bicyclic) bond motifs is 2. The van der Waals surface area contributed by atoms with Crippen LogP contribution in [-0.4, -0.2) is 28.7 Å². The first-order valence-corrected chi connectivity index (χ1v) is 9.04. The Kier molecular flexibility index (Phi) is 4.99. The average Bonchev–Trinajstić information content (AvgIpc) is 2.50. The fourth-order valence-corrected chi connectivity index (χ4v) is 3.78. The summed E-state index contributed by atoms with van der Waals surface area (Å²) in [4.78, 5) is 14.3. The quantitative estimate of drug-likeness (QED) is 0.573. The van der Waals surface area contributed by atoms with E-state index in [9.17, 15) is 22.4 Å². The summed E-state index contributed by atoms with van der Waals surface area (Å²) in [6.45, 7) is 5.37. The van der Waals surface area contributed by atoms with E-state index >= 15 is 0 Å². The van der Waals surface area contributed by atoms with Crippen molar-refractivity contribution in [3.63, 3.8) is 0 Å². The van der Waals surface area contributed by atoms with Crippen LogP contribution in [0, 0.1) is 5.82 Å². The van der Waals surface area contributed by atoms with Gasteiger partial charge in [0.2, 0.25) is 0 Å². The maximum absolute atomic E-state index is 13.8. The second-order valence-corrected chi connectivity index (χ2v) is 8.16. The first-order valence-electron chi connectivity index (χ1n) is 9.04. The molecule has 2 unspecified atom stereocenters. The molecule has 0 radical (unpaired) electrons. The van der Waals surface area contributed by atoms with Crippen LogP contribution in [-0.2, 0) is 10.9 Å². The van der Waals surface area contributed by atoms with Gasteiger partial charge in [-0.1, -0.05) is 6.08 Å². The lowest BCUT2D eigenvalue weighted by atomic mass is 9.83. The highest BCUT2D eigenvalue weighted by Crippen LogP contribution is 2.39. The van der Waals surface area contributed by atoms with Gasteiger partial charge in [0.05, 0.1) is 11.6 Å². The zero-order chi connectivity index (χ0) is 20.0. The topological polar surface area (TPSA) is 29.5 Å². The molecule has 0 N–H and O–H groups in total. The summed E-state index contributed by atoms with van der Waals surface area (Å²) in [6, 6.07) is 2.20.